The SMILES string of the molecule is [2H]c1c([2H])c(N(c2cccc(-c3ccc4ccccc4c3)c2)c2ccccc2-c2ccccc2)c([2H])c([2H])c1-c1ccc2c(ccc3ccccc32)c1. The highest BCUT2D eigenvalue weighted by Gasteiger charge is 2.18. The van der Waals surface area contributed by atoms with Gasteiger partial charge in [0.05, 0.1) is 11.2 Å². The van der Waals surface area contributed by atoms with Crippen LogP contribution in [-0.4, -0.2) is 0 Å². The Kier molecular flexibility index (Phi) is 6.20. The number of hydrogen-bond acceptors (Lipinski definition) is 1. The van der Waals surface area contributed by atoms with Gasteiger partial charge in [0.2, 0.25) is 0 Å². The topological polar surface area (TPSA) is 3.24 Å². The summed E-state index contributed by atoms with van der Waals surface area (Å²) < 4.78 is 38.0. The van der Waals surface area contributed by atoms with E-state index >= 15 is 0 Å². The van der Waals surface area contributed by atoms with E-state index in [0.29, 0.717) is 5.56 Å². The number of rotatable bonds is 6. The largest absolute Gasteiger partial charge is 0.310 e. The molecule has 0 spiro atoms. The maximum Gasteiger partial charge on any atom is 0.0645 e. The first kappa shape index (κ1) is 24.7. The Balaban J connectivity index is 1.25. The normalized spacial score (nSPS) is 12.4. The van der Waals surface area contributed by atoms with E-state index in [2.05, 4.69) is 66.7 Å². The number of nitrogens with zero attached hydrogens (tertiary/aromatic N) is 1. The fraction of sp³-hybridized carbons (Fsp3) is 0. The van der Waals surface area contributed by atoms with Gasteiger partial charge < -0.3 is 4.90 Å². The van der Waals surface area contributed by atoms with E-state index in [0.717, 1.165) is 65.9 Å². The Labute approximate surface area is 292 Å². The average molecular weight is 628 g/mol. The van der Waals surface area contributed by atoms with Gasteiger partial charge in [0.1, 0.15) is 0 Å². The second-order valence-electron chi connectivity index (χ2n) is 12.3. The summed E-state index contributed by atoms with van der Waals surface area (Å²) in [4.78, 5) is 1.89. The van der Waals surface area contributed by atoms with Gasteiger partial charge in [0.25, 0.3) is 0 Å². The first-order chi connectivity index (χ1) is 26.0. The van der Waals surface area contributed by atoms with Crippen molar-refractivity contribution in [1.82, 2.24) is 0 Å². The maximum atomic E-state index is 9.57. The molecule has 0 saturated carbocycles. The van der Waals surface area contributed by atoms with Crippen LogP contribution in [0, 0.1) is 0 Å². The molecule has 0 N–H and O–H groups in total. The molecule has 0 bridgehead atoms. The highest BCUT2D eigenvalue weighted by atomic mass is 15.1. The number of anilines is 3. The molecular weight excluding hydrogens is 591 g/mol. The summed E-state index contributed by atoms with van der Waals surface area (Å²) >= 11 is 0. The lowest BCUT2D eigenvalue weighted by atomic mass is 9.97. The third kappa shape index (κ3) is 5.42. The molecule has 49 heavy (non-hydrogen) atoms. The van der Waals surface area contributed by atoms with Gasteiger partial charge in [0.15, 0.2) is 0 Å². The van der Waals surface area contributed by atoms with Crippen molar-refractivity contribution < 1.29 is 5.48 Å². The zero-order valence-electron chi connectivity index (χ0n) is 30.7. The molecule has 0 radical (unpaired) electrons. The molecule has 230 valence electrons. The van der Waals surface area contributed by atoms with Crippen molar-refractivity contribution in [3.05, 3.63) is 200 Å². The lowest BCUT2D eigenvalue weighted by Gasteiger charge is -2.28. The van der Waals surface area contributed by atoms with Crippen molar-refractivity contribution in [3.8, 4) is 33.4 Å². The minimum atomic E-state index is -0.112. The molecular formula is C48H33N. The lowest BCUT2D eigenvalue weighted by molar-refractivity contribution is 1.28. The Morgan fingerprint density at radius 1 is 0.327 bits per heavy atom. The fourth-order valence-electron chi connectivity index (χ4n) is 6.84. The zero-order valence-corrected chi connectivity index (χ0v) is 26.7. The lowest BCUT2D eigenvalue weighted by Crippen LogP contribution is -2.11. The minimum absolute atomic E-state index is 0.0889. The highest BCUT2D eigenvalue weighted by Crippen LogP contribution is 2.42. The average Bonchev–Trinajstić information content (AvgIpc) is 3.22. The fourth-order valence-corrected chi connectivity index (χ4v) is 6.84. The van der Waals surface area contributed by atoms with Crippen LogP contribution < -0.4 is 4.90 Å². The van der Waals surface area contributed by atoms with E-state index in [9.17, 15) is 5.48 Å². The van der Waals surface area contributed by atoms with Gasteiger partial charge in [-0.3, -0.25) is 0 Å². The van der Waals surface area contributed by atoms with E-state index < -0.39 is 0 Å². The molecule has 0 saturated heterocycles. The summed E-state index contributed by atoms with van der Waals surface area (Å²) in [6.45, 7) is 0. The first-order valence-electron chi connectivity index (χ1n) is 18.5. The van der Waals surface area contributed by atoms with E-state index in [4.69, 9.17) is 0 Å². The van der Waals surface area contributed by atoms with Gasteiger partial charge >= 0.3 is 0 Å². The molecule has 9 aromatic rings. The number of para-hydroxylation sites is 1. The quantitative estimate of drug-likeness (QED) is 0.166. The van der Waals surface area contributed by atoms with Crippen LogP contribution >= 0.6 is 0 Å². The van der Waals surface area contributed by atoms with E-state index in [-0.39, 0.29) is 35.4 Å². The standard InChI is InChI=1S/C48H33N/c1-2-12-36(13-3-1)47-19-8-9-20-48(47)49(44-17-10-16-39(33-44)41-23-21-34-11-4-5-15-38(34)31-41)43-28-25-35(26-29-43)40-27-30-46-42(32-40)24-22-37-14-6-7-18-45(37)46/h1-33H/i25D,26D,28D,29D. The summed E-state index contributed by atoms with van der Waals surface area (Å²) in [7, 11) is 0. The Morgan fingerprint density at radius 3 is 1.80 bits per heavy atom. The number of hydrogen-bond donors (Lipinski definition) is 0. The Bertz CT molecular complexity index is 2820. The van der Waals surface area contributed by atoms with E-state index in [1.807, 2.05) is 114 Å². The number of fused-ring (bicyclic) bond motifs is 4. The molecule has 1 nitrogen and oxygen atoms in total. The third-order valence-electron chi connectivity index (χ3n) is 9.29. The molecule has 0 atom stereocenters. The Hall–Kier alpha value is -6.44. The van der Waals surface area contributed by atoms with E-state index in [1.54, 1.807) is 0 Å². The van der Waals surface area contributed by atoms with Gasteiger partial charge in [-0.15, -0.1) is 0 Å². The molecule has 0 amide bonds. The minimum Gasteiger partial charge on any atom is -0.310 e. The molecule has 0 fully saturated rings. The second-order valence-corrected chi connectivity index (χ2v) is 12.3. The molecule has 9 rings (SSSR count). The van der Waals surface area contributed by atoms with Crippen molar-refractivity contribution in [3.63, 3.8) is 0 Å². The number of benzene rings is 9. The van der Waals surface area contributed by atoms with Gasteiger partial charge in [-0.05, 0) is 103 Å². The van der Waals surface area contributed by atoms with Crippen LogP contribution in [-0.2, 0) is 0 Å². The molecule has 0 aliphatic carbocycles. The molecule has 1 heteroatoms. The summed E-state index contributed by atoms with van der Waals surface area (Å²) in [6, 6.07) is 58.7. The van der Waals surface area contributed by atoms with Crippen LogP contribution in [0.2, 0.25) is 0 Å². The van der Waals surface area contributed by atoms with Crippen molar-refractivity contribution in [2.75, 3.05) is 4.90 Å². The summed E-state index contributed by atoms with van der Waals surface area (Å²) in [5.41, 5.74) is 6.50. The molecule has 0 heterocycles. The zero-order chi connectivity index (χ0) is 36.1. The highest BCUT2D eigenvalue weighted by molar-refractivity contribution is 6.08. The van der Waals surface area contributed by atoms with Crippen molar-refractivity contribution >= 4 is 49.4 Å². The molecule has 0 aliphatic heterocycles. The maximum absolute atomic E-state index is 9.57. The predicted molar refractivity (Wildman–Crippen MR) is 210 cm³/mol. The van der Waals surface area contributed by atoms with Crippen LogP contribution in [0.25, 0.3) is 65.7 Å². The van der Waals surface area contributed by atoms with Gasteiger partial charge in [0, 0.05) is 16.9 Å². The van der Waals surface area contributed by atoms with E-state index in [1.165, 1.54) is 0 Å². The molecule has 0 aliphatic rings. The smallest absolute Gasteiger partial charge is 0.0645 e. The summed E-state index contributed by atoms with van der Waals surface area (Å²) in [6.07, 6.45) is 0. The van der Waals surface area contributed by atoms with Crippen LogP contribution in [0.15, 0.2) is 200 Å². The molecule has 0 aromatic heterocycles. The van der Waals surface area contributed by atoms with Gasteiger partial charge in [-0.25, -0.2) is 0 Å². The van der Waals surface area contributed by atoms with Crippen LogP contribution in [0.4, 0.5) is 17.1 Å². The van der Waals surface area contributed by atoms with Crippen LogP contribution in [0.1, 0.15) is 5.48 Å². The van der Waals surface area contributed by atoms with Crippen molar-refractivity contribution in [2.45, 2.75) is 0 Å². The van der Waals surface area contributed by atoms with Crippen LogP contribution in [0.5, 0.6) is 0 Å². The van der Waals surface area contributed by atoms with Gasteiger partial charge in [-0.2, -0.15) is 0 Å². The summed E-state index contributed by atoms with van der Waals surface area (Å²) in [5.74, 6) is 0. The predicted octanol–water partition coefficient (Wildman–Crippen LogP) is 13.6. The monoisotopic (exact) mass is 627 g/mol. The molecule has 0 unspecified atom stereocenters. The third-order valence-corrected chi connectivity index (χ3v) is 9.29. The van der Waals surface area contributed by atoms with Crippen molar-refractivity contribution in [2.24, 2.45) is 0 Å². The molecule has 9 aromatic carbocycles. The first-order valence-corrected chi connectivity index (χ1v) is 16.5. The van der Waals surface area contributed by atoms with Crippen molar-refractivity contribution in [1.29, 1.82) is 0 Å². The Morgan fingerprint density at radius 2 is 0.918 bits per heavy atom. The van der Waals surface area contributed by atoms with Crippen LogP contribution in [0.3, 0.4) is 0 Å². The summed E-state index contributed by atoms with van der Waals surface area (Å²) in [5, 5.41) is 6.62. The second kappa shape index (κ2) is 12.3. The van der Waals surface area contributed by atoms with Gasteiger partial charge in [-0.1, -0.05) is 158 Å².